The van der Waals surface area contributed by atoms with Gasteiger partial charge in [-0.1, -0.05) is 18.2 Å². The minimum Gasteiger partial charge on any atom is -0.481 e. The van der Waals surface area contributed by atoms with Crippen molar-refractivity contribution in [1.82, 2.24) is 5.32 Å². The number of carboxylic acid groups (broad SMARTS) is 1. The van der Waals surface area contributed by atoms with E-state index < -0.39 is 11.4 Å². The molecule has 0 aliphatic rings. The predicted molar refractivity (Wildman–Crippen MR) is 80.3 cm³/mol. The molecule has 0 aliphatic carbocycles. The summed E-state index contributed by atoms with van der Waals surface area (Å²) in [6, 6.07) is 6.71. The van der Waals surface area contributed by atoms with Crippen molar-refractivity contribution in [3.05, 3.63) is 39.9 Å². The molecule has 6 nitrogen and oxygen atoms in total. The number of benzene rings is 1. The van der Waals surface area contributed by atoms with Crippen LogP contribution in [-0.2, 0) is 11.2 Å². The van der Waals surface area contributed by atoms with Crippen LogP contribution in [-0.4, -0.2) is 28.6 Å². The molecule has 0 aromatic heterocycles. The van der Waals surface area contributed by atoms with Crippen LogP contribution in [0.3, 0.4) is 0 Å². The molecular weight excluding hydrogens is 272 g/mol. The summed E-state index contributed by atoms with van der Waals surface area (Å²) in [6.45, 7) is 5.86. The van der Waals surface area contributed by atoms with Crippen molar-refractivity contribution in [3.63, 3.8) is 0 Å². The molecule has 116 valence electrons. The zero-order chi connectivity index (χ0) is 16.0. The number of carboxylic acids is 1. The van der Waals surface area contributed by atoms with Gasteiger partial charge in [0.1, 0.15) is 0 Å². The molecular formula is C15H22N2O4. The summed E-state index contributed by atoms with van der Waals surface area (Å²) in [6.07, 6.45) is 1.04. The maximum absolute atomic E-state index is 11.0. The van der Waals surface area contributed by atoms with Gasteiger partial charge in [-0.05, 0) is 40.2 Å². The SMILES string of the molecule is CC(Cc1ccccc1[N+](=O)[O-])NCCC(C)(C)C(=O)O. The molecule has 1 aromatic carbocycles. The summed E-state index contributed by atoms with van der Waals surface area (Å²) < 4.78 is 0. The van der Waals surface area contributed by atoms with E-state index in [4.69, 9.17) is 5.11 Å². The van der Waals surface area contributed by atoms with Crippen molar-refractivity contribution in [2.75, 3.05) is 6.54 Å². The molecule has 1 unspecified atom stereocenters. The van der Waals surface area contributed by atoms with E-state index in [9.17, 15) is 14.9 Å². The highest BCUT2D eigenvalue weighted by atomic mass is 16.6. The molecule has 0 spiro atoms. The average molecular weight is 294 g/mol. The molecule has 21 heavy (non-hydrogen) atoms. The summed E-state index contributed by atoms with van der Waals surface area (Å²) in [5.74, 6) is -0.823. The van der Waals surface area contributed by atoms with Crippen LogP contribution in [0.2, 0.25) is 0 Å². The Balaban J connectivity index is 2.53. The first-order valence-corrected chi connectivity index (χ1v) is 6.93. The second kappa shape index (κ2) is 7.17. The summed E-state index contributed by atoms with van der Waals surface area (Å²) in [5, 5.41) is 23.2. The van der Waals surface area contributed by atoms with Crippen LogP contribution in [0.15, 0.2) is 24.3 Å². The molecule has 1 atom stereocenters. The first kappa shape index (κ1) is 17.1. The van der Waals surface area contributed by atoms with Crippen LogP contribution in [0.4, 0.5) is 5.69 Å². The van der Waals surface area contributed by atoms with Gasteiger partial charge >= 0.3 is 5.97 Å². The van der Waals surface area contributed by atoms with Crippen LogP contribution in [0.5, 0.6) is 0 Å². The third-order valence-corrected chi connectivity index (χ3v) is 3.54. The Morgan fingerprint density at radius 3 is 2.62 bits per heavy atom. The van der Waals surface area contributed by atoms with Gasteiger partial charge in [-0.3, -0.25) is 14.9 Å². The zero-order valence-corrected chi connectivity index (χ0v) is 12.6. The third-order valence-electron chi connectivity index (χ3n) is 3.54. The fraction of sp³-hybridized carbons (Fsp3) is 0.533. The van der Waals surface area contributed by atoms with Crippen LogP contribution >= 0.6 is 0 Å². The first-order chi connectivity index (χ1) is 9.74. The van der Waals surface area contributed by atoms with Crippen molar-refractivity contribution < 1.29 is 14.8 Å². The van der Waals surface area contributed by atoms with Crippen LogP contribution in [0.1, 0.15) is 32.8 Å². The van der Waals surface area contributed by atoms with E-state index in [2.05, 4.69) is 5.32 Å². The van der Waals surface area contributed by atoms with Gasteiger partial charge in [-0.15, -0.1) is 0 Å². The molecule has 0 bridgehead atoms. The highest BCUT2D eigenvalue weighted by molar-refractivity contribution is 5.73. The van der Waals surface area contributed by atoms with Crippen molar-refractivity contribution in [1.29, 1.82) is 0 Å². The molecule has 1 aromatic rings. The molecule has 0 heterocycles. The molecule has 0 saturated heterocycles. The second-order valence-corrected chi connectivity index (χ2v) is 5.88. The lowest BCUT2D eigenvalue weighted by Crippen LogP contribution is -2.34. The highest BCUT2D eigenvalue weighted by Crippen LogP contribution is 2.21. The number of rotatable bonds is 8. The Morgan fingerprint density at radius 2 is 2.05 bits per heavy atom. The van der Waals surface area contributed by atoms with Crippen LogP contribution < -0.4 is 5.32 Å². The van der Waals surface area contributed by atoms with Crippen molar-refractivity contribution in [3.8, 4) is 0 Å². The normalized spacial score (nSPS) is 12.9. The number of carbonyl (C=O) groups is 1. The molecule has 0 radical (unpaired) electrons. The van der Waals surface area contributed by atoms with Crippen LogP contribution in [0, 0.1) is 15.5 Å². The quantitative estimate of drug-likeness (QED) is 0.568. The topological polar surface area (TPSA) is 92.5 Å². The molecule has 0 aliphatic heterocycles. The predicted octanol–water partition coefficient (Wildman–Crippen LogP) is 2.62. The molecule has 1 rings (SSSR count). The van der Waals surface area contributed by atoms with Gasteiger partial charge < -0.3 is 10.4 Å². The van der Waals surface area contributed by atoms with E-state index in [1.807, 2.05) is 6.92 Å². The van der Waals surface area contributed by atoms with E-state index in [1.165, 1.54) is 6.07 Å². The van der Waals surface area contributed by atoms with Gasteiger partial charge in [-0.25, -0.2) is 0 Å². The summed E-state index contributed by atoms with van der Waals surface area (Å²) >= 11 is 0. The molecule has 0 fully saturated rings. The maximum atomic E-state index is 11.0. The van der Waals surface area contributed by atoms with Gasteiger partial charge in [0.2, 0.25) is 0 Å². The highest BCUT2D eigenvalue weighted by Gasteiger charge is 2.26. The molecule has 2 N–H and O–H groups in total. The minimum absolute atomic E-state index is 0.0377. The third kappa shape index (κ3) is 5.15. The Labute approximate surface area is 124 Å². The van der Waals surface area contributed by atoms with Gasteiger partial charge in [0, 0.05) is 17.7 Å². The average Bonchev–Trinajstić information content (AvgIpc) is 2.38. The largest absolute Gasteiger partial charge is 0.481 e. The number of nitrogens with zero attached hydrogens (tertiary/aromatic N) is 1. The lowest BCUT2D eigenvalue weighted by molar-refractivity contribution is -0.385. The number of aliphatic carboxylic acids is 1. The van der Waals surface area contributed by atoms with Crippen LogP contribution in [0.25, 0.3) is 0 Å². The summed E-state index contributed by atoms with van der Waals surface area (Å²) in [5.41, 5.74) is 0.0304. The molecule has 0 amide bonds. The van der Waals surface area contributed by atoms with Gasteiger partial charge in [0.15, 0.2) is 0 Å². The Hall–Kier alpha value is -1.95. The van der Waals surface area contributed by atoms with E-state index in [1.54, 1.807) is 32.0 Å². The van der Waals surface area contributed by atoms with E-state index >= 15 is 0 Å². The Morgan fingerprint density at radius 1 is 1.43 bits per heavy atom. The lowest BCUT2D eigenvalue weighted by Gasteiger charge is -2.21. The van der Waals surface area contributed by atoms with Gasteiger partial charge in [0.05, 0.1) is 10.3 Å². The number of nitro groups is 1. The lowest BCUT2D eigenvalue weighted by atomic mass is 9.89. The van der Waals surface area contributed by atoms with E-state index in [0.717, 1.165) is 0 Å². The number of hydrogen-bond donors (Lipinski definition) is 2. The summed E-state index contributed by atoms with van der Waals surface area (Å²) in [7, 11) is 0. The van der Waals surface area contributed by atoms with Crippen molar-refractivity contribution >= 4 is 11.7 Å². The Bertz CT molecular complexity index is 514. The molecule has 6 heteroatoms. The fourth-order valence-electron chi connectivity index (χ4n) is 2.00. The number of nitrogens with one attached hydrogen (secondary N) is 1. The number of para-hydroxylation sites is 1. The monoisotopic (exact) mass is 294 g/mol. The van der Waals surface area contributed by atoms with Gasteiger partial charge in [0.25, 0.3) is 5.69 Å². The Kier molecular flexibility index (Phi) is 5.84. The maximum Gasteiger partial charge on any atom is 0.309 e. The van der Waals surface area contributed by atoms with Crippen molar-refractivity contribution in [2.24, 2.45) is 5.41 Å². The van der Waals surface area contributed by atoms with Crippen molar-refractivity contribution in [2.45, 2.75) is 39.7 Å². The van der Waals surface area contributed by atoms with Gasteiger partial charge in [-0.2, -0.15) is 0 Å². The van der Waals surface area contributed by atoms with E-state index in [0.29, 0.717) is 24.9 Å². The molecule has 0 saturated carbocycles. The number of hydrogen-bond acceptors (Lipinski definition) is 4. The minimum atomic E-state index is -0.823. The summed E-state index contributed by atoms with van der Waals surface area (Å²) in [4.78, 5) is 21.6. The standard InChI is InChI=1S/C15H22N2O4/c1-11(16-9-8-15(2,3)14(18)19)10-12-6-4-5-7-13(12)17(20)21/h4-7,11,16H,8-10H2,1-3H3,(H,18,19). The number of nitro benzene ring substituents is 1. The zero-order valence-electron chi connectivity index (χ0n) is 12.6. The first-order valence-electron chi connectivity index (χ1n) is 6.93. The fourth-order valence-corrected chi connectivity index (χ4v) is 2.00. The smallest absolute Gasteiger partial charge is 0.309 e. The van der Waals surface area contributed by atoms with E-state index in [-0.39, 0.29) is 16.7 Å². The second-order valence-electron chi connectivity index (χ2n) is 5.88.